The van der Waals surface area contributed by atoms with Crippen molar-refractivity contribution in [3.8, 4) is 0 Å². The van der Waals surface area contributed by atoms with E-state index < -0.39 is 0 Å². The molecule has 0 unspecified atom stereocenters. The number of carbonyl (C=O) groups excluding carboxylic acids is 2. The zero-order chi connectivity index (χ0) is 11.2. The molecule has 15 heavy (non-hydrogen) atoms. The van der Waals surface area contributed by atoms with E-state index in [1.165, 1.54) is 0 Å². The molecule has 2 bridgehead atoms. The van der Waals surface area contributed by atoms with Crippen LogP contribution in [0.5, 0.6) is 0 Å². The van der Waals surface area contributed by atoms with E-state index >= 15 is 0 Å². The van der Waals surface area contributed by atoms with Gasteiger partial charge in [-0.3, -0.25) is 9.59 Å². The van der Waals surface area contributed by atoms with Gasteiger partial charge in [0.05, 0.1) is 0 Å². The van der Waals surface area contributed by atoms with E-state index in [1.54, 1.807) is 6.92 Å². The maximum absolute atomic E-state index is 12.1. The molecule has 0 aromatic heterocycles. The van der Waals surface area contributed by atoms with Gasteiger partial charge in [0.15, 0.2) is 0 Å². The molecule has 2 aliphatic rings. The van der Waals surface area contributed by atoms with E-state index in [2.05, 4.69) is 12.2 Å². The van der Waals surface area contributed by atoms with Crippen LogP contribution in [-0.4, -0.2) is 11.6 Å². The molecule has 0 saturated heterocycles. The van der Waals surface area contributed by atoms with Crippen LogP contribution in [0.25, 0.3) is 0 Å². The molecule has 0 aromatic rings. The minimum atomic E-state index is -0.0325. The molecule has 1 saturated carbocycles. The Morgan fingerprint density at radius 2 is 1.67 bits per heavy atom. The average molecular weight is 206 g/mol. The molecule has 0 radical (unpaired) electrons. The van der Waals surface area contributed by atoms with Crippen molar-refractivity contribution in [2.45, 2.75) is 27.2 Å². The Morgan fingerprint density at radius 3 is 2.13 bits per heavy atom. The van der Waals surface area contributed by atoms with Gasteiger partial charge >= 0.3 is 0 Å². The topological polar surface area (TPSA) is 34.1 Å². The Bertz CT molecular complexity index is 327. The zero-order valence-electron chi connectivity index (χ0n) is 9.57. The molecule has 0 spiro atoms. The van der Waals surface area contributed by atoms with Gasteiger partial charge in [0.1, 0.15) is 11.6 Å². The van der Waals surface area contributed by atoms with Gasteiger partial charge < -0.3 is 0 Å². The summed E-state index contributed by atoms with van der Waals surface area (Å²) in [5, 5.41) is 0. The maximum atomic E-state index is 12.1. The lowest BCUT2D eigenvalue weighted by Crippen LogP contribution is -2.34. The molecule has 2 aliphatic carbocycles. The lowest BCUT2D eigenvalue weighted by atomic mass is 9.76. The third-order valence-corrected chi connectivity index (χ3v) is 3.83. The summed E-state index contributed by atoms with van der Waals surface area (Å²) in [5.74, 6) is 1.11. The van der Waals surface area contributed by atoms with E-state index in [-0.39, 0.29) is 29.3 Å². The van der Waals surface area contributed by atoms with E-state index in [0.717, 1.165) is 6.42 Å². The Balaban J connectivity index is 2.27. The van der Waals surface area contributed by atoms with Crippen LogP contribution in [0.3, 0.4) is 0 Å². The van der Waals surface area contributed by atoms with Crippen molar-refractivity contribution in [3.63, 3.8) is 0 Å². The molecular weight excluding hydrogens is 188 g/mol. The number of ketones is 2. The van der Waals surface area contributed by atoms with Crippen molar-refractivity contribution in [1.82, 2.24) is 0 Å². The summed E-state index contributed by atoms with van der Waals surface area (Å²) in [5.41, 5.74) is 0. The summed E-state index contributed by atoms with van der Waals surface area (Å²) < 4.78 is 0. The van der Waals surface area contributed by atoms with Gasteiger partial charge in [-0.1, -0.05) is 26.0 Å². The van der Waals surface area contributed by atoms with Crippen LogP contribution in [0.15, 0.2) is 12.2 Å². The fourth-order valence-electron chi connectivity index (χ4n) is 3.15. The van der Waals surface area contributed by atoms with Crippen LogP contribution in [0.1, 0.15) is 27.2 Å². The number of Topliss-reactive ketones (excluding diaryl/α,β-unsaturated/α-hetero) is 2. The summed E-state index contributed by atoms with van der Waals surface area (Å²) in [4.78, 5) is 23.7. The summed E-state index contributed by atoms with van der Waals surface area (Å²) in [6, 6.07) is 0. The first-order chi connectivity index (χ1) is 7.02. The third-order valence-electron chi connectivity index (χ3n) is 3.83. The smallest absolute Gasteiger partial charge is 0.139 e. The highest BCUT2D eigenvalue weighted by atomic mass is 16.1. The Kier molecular flexibility index (Phi) is 2.53. The van der Waals surface area contributed by atoms with E-state index in [9.17, 15) is 9.59 Å². The van der Waals surface area contributed by atoms with Crippen molar-refractivity contribution in [2.75, 3.05) is 0 Å². The molecule has 0 heterocycles. The molecule has 0 aliphatic heterocycles. The average Bonchev–Trinajstić information content (AvgIpc) is 2.74. The second-order valence-corrected chi connectivity index (χ2v) is 5.17. The number of carbonyl (C=O) groups is 2. The van der Waals surface area contributed by atoms with Gasteiger partial charge in [0.25, 0.3) is 0 Å². The molecule has 0 aromatic carbocycles. The summed E-state index contributed by atoms with van der Waals surface area (Å²) in [6.07, 6.45) is 5.27. The van der Waals surface area contributed by atoms with Gasteiger partial charge in [-0.15, -0.1) is 0 Å². The maximum Gasteiger partial charge on any atom is 0.139 e. The predicted octanol–water partition coefficient (Wildman–Crippen LogP) is 2.24. The second kappa shape index (κ2) is 3.58. The Hall–Kier alpha value is -0.920. The second-order valence-electron chi connectivity index (χ2n) is 5.17. The van der Waals surface area contributed by atoms with Crippen molar-refractivity contribution in [1.29, 1.82) is 0 Å². The Morgan fingerprint density at radius 1 is 1.13 bits per heavy atom. The van der Waals surface area contributed by atoms with Crippen LogP contribution in [0, 0.1) is 29.6 Å². The predicted molar refractivity (Wildman–Crippen MR) is 58.2 cm³/mol. The molecule has 2 nitrogen and oxygen atoms in total. The third kappa shape index (κ3) is 1.56. The summed E-state index contributed by atoms with van der Waals surface area (Å²) >= 11 is 0. The molecule has 0 amide bonds. The number of hydrogen-bond donors (Lipinski definition) is 0. The first kappa shape index (κ1) is 10.6. The molecule has 4 atom stereocenters. The van der Waals surface area contributed by atoms with E-state index in [4.69, 9.17) is 0 Å². The lowest BCUT2D eigenvalue weighted by Gasteiger charge is -2.26. The van der Waals surface area contributed by atoms with Crippen molar-refractivity contribution in [2.24, 2.45) is 29.6 Å². The van der Waals surface area contributed by atoms with Gasteiger partial charge in [-0.05, 0) is 25.2 Å². The van der Waals surface area contributed by atoms with E-state index in [1.807, 2.05) is 13.8 Å². The largest absolute Gasteiger partial charge is 0.300 e. The number of hydrogen-bond acceptors (Lipinski definition) is 2. The molecular formula is C13H18O2. The van der Waals surface area contributed by atoms with Crippen LogP contribution in [0.2, 0.25) is 0 Å². The first-order valence-electron chi connectivity index (χ1n) is 5.75. The number of rotatable bonds is 3. The van der Waals surface area contributed by atoms with Crippen LogP contribution in [-0.2, 0) is 9.59 Å². The van der Waals surface area contributed by atoms with Gasteiger partial charge in [0, 0.05) is 17.8 Å². The highest BCUT2D eigenvalue weighted by Gasteiger charge is 2.49. The summed E-state index contributed by atoms with van der Waals surface area (Å²) in [7, 11) is 0. The lowest BCUT2D eigenvalue weighted by molar-refractivity contribution is -0.133. The van der Waals surface area contributed by atoms with Gasteiger partial charge in [-0.25, -0.2) is 0 Å². The zero-order valence-corrected chi connectivity index (χ0v) is 9.57. The molecule has 2 heteroatoms. The number of allylic oxidation sites excluding steroid dienone is 2. The highest BCUT2D eigenvalue weighted by molar-refractivity contribution is 5.91. The minimum Gasteiger partial charge on any atom is -0.300 e. The molecule has 2 rings (SSSR count). The SMILES string of the molecule is CC(=O)[C@@H]1[C@H](C(=O)C(C)C)[C@H]2C=C[C@@H]1C2. The molecule has 0 N–H and O–H groups in total. The number of fused-ring (bicyclic) bond motifs is 2. The van der Waals surface area contributed by atoms with Crippen molar-refractivity contribution in [3.05, 3.63) is 12.2 Å². The van der Waals surface area contributed by atoms with Gasteiger partial charge in [0.2, 0.25) is 0 Å². The van der Waals surface area contributed by atoms with Crippen LogP contribution in [0.4, 0.5) is 0 Å². The van der Waals surface area contributed by atoms with Crippen LogP contribution >= 0.6 is 0 Å². The normalized spacial score (nSPS) is 37.6. The summed E-state index contributed by atoms with van der Waals surface area (Å²) in [6.45, 7) is 5.48. The minimum absolute atomic E-state index is 0.0301. The molecule has 1 fully saturated rings. The fraction of sp³-hybridized carbons (Fsp3) is 0.692. The van der Waals surface area contributed by atoms with Crippen molar-refractivity contribution < 1.29 is 9.59 Å². The monoisotopic (exact) mass is 206 g/mol. The first-order valence-corrected chi connectivity index (χ1v) is 5.75. The highest BCUT2D eigenvalue weighted by Crippen LogP contribution is 2.49. The Labute approximate surface area is 90.7 Å². The van der Waals surface area contributed by atoms with E-state index in [0.29, 0.717) is 11.8 Å². The fourth-order valence-corrected chi connectivity index (χ4v) is 3.15. The quantitative estimate of drug-likeness (QED) is 0.664. The van der Waals surface area contributed by atoms with Crippen LogP contribution < -0.4 is 0 Å². The van der Waals surface area contributed by atoms with Gasteiger partial charge in [-0.2, -0.15) is 0 Å². The van der Waals surface area contributed by atoms with Crippen molar-refractivity contribution >= 4 is 11.6 Å². The standard InChI is InChI=1S/C13H18O2/c1-7(2)13(15)12-10-5-4-9(6-10)11(12)8(3)14/h4-5,7,9-12H,6H2,1-3H3/t9-,10+,11+,12-/m1/s1. The molecule has 82 valence electrons.